The molecule has 0 saturated carbocycles. The van der Waals surface area contributed by atoms with E-state index in [1.54, 1.807) is 0 Å². The molecule has 1 unspecified atom stereocenters. The van der Waals surface area contributed by atoms with Crippen LogP contribution in [0.15, 0.2) is 140 Å². The lowest BCUT2D eigenvalue weighted by Crippen LogP contribution is -2.05. The Hall–Kier alpha value is -5.41. The van der Waals surface area contributed by atoms with Crippen LogP contribution in [0.3, 0.4) is 0 Å². The molecular formula is C39H27N3. The van der Waals surface area contributed by atoms with Crippen LogP contribution in [0.5, 0.6) is 0 Å². The van der Waals surface area contributed by atoms with E-state index in [-0.39, 0.29) is 0 Å². The van der Waals surface area contributed by atoms with Gasteiger partial charge in [0.25, 0.3) is 0 Å². The molecule has 0 spiro atoms. The lowest BCUT2D eigenvalue weighted by molar-refractivity contribution is 0.819. The zero-order valence-electron chi connectivity index (χ0n) is 23.0. The molecule has 3 nitrogen and oxygen atoms in total. The molecule has 1 aliphatic rings. The van der Waals surface area contributed by atoms with Crippen molar-refractivity contribution in [2.75, 3.05) is 0 Å². The van der Waals surface area contributed by atoms with E-state index in [1.165, 1.54) is 16.7 Å². The Labute approximate surface area is 244 Å². The summed E-state index contributed by atoms with van der Waals surface area (Å²) < 4.78 is 0. The lowest BCUT2D eigenvalue weighted by Gasteiger charge is -2.22. The molecule has 1 aliphatic carbocycles. The smallest absolute Gasteiger partial charge is 0.164 e. The molecule has 1 aromatic heterocycles. The molecule has 3 heteroatoms. The van der Waals surface area contributed by atoms with Crippen LogP contribution in [0.1, 0.15) is 29.0 Å². The summed E-state index contributed by atoms with van der Waals surface area (Å²) in [5.41, 5.74) is 6.96. The molecule has 6 aromatic carbocycles. The summed E-state index contributed by atoms with van der Waals surface area (Å²) in [5, 5.41) is 4.57. The quantitative estimate of drug-likeness (QED) is 0.224. The maximum Gasteiger partial charge on any atom is 0.164 e. The third-order valence-corrected chi connectivity index (χ3v) is 8.31. The molecule has 0 bridgehead atoms. The average Bonchev–Trinajstić information content (AvgIpc) is 3.07. The Morgan fingerprint density at radius 1 is 0.476 bits per heavy atom. The van der Waals surface area contributed by atoms with Crippen LogP contribution >= 0.6 is 0 Å². The first-order chi connectivity index (χ1) is 20.8. The molecule has 0 fully saturated rings. The van der Waals surface area contributed by atoms with Gasteiger partial charge in [0.1, 0.15) is 0 Å². The zero-order chi connectivity index (χ0) is 27.9. The second-order valence-electron chi connectivity index (χ2n) is 10.8. The standard InChI is InChI=1S/C39H27N3/c1-4-16-31-26(10-1)13-7-19-32(31)29-22-24-30(25-23-29)37-40-38(35-20-8-14-27-11-2-5-17-33(27)35)42-39(41-37)36-21-9-15-28-12-3-6-18-34(28)36/h1-18,20-25,32H,19H2. The summed E-state index contributed by atoms with van der Waals surface area (Å²) in [6.07, 6.45) is 5.51. The van der Waals surface area contributed by atoms with Gasteiger partial charge in [0.15, 0.2) is 17.5 Å². The van der Waals surface area contributed by atoms with Gasteiger partial charge in [0, 0.05) is 22.6 Å². The van der Waals surface area contributed by atoms with Crippen molar-refractivity contribution >= 4 is 27.6 Å². The highest BCUT2D eigenvalue weighted by atomic mass is 15.0. The van der Waals surface area contributed by atoms with E-state index >= 15 is 0 Å². The van der Waals surface area contributed by atoms with Gasteiger partial charge >= 0.3 is 0 Å². The van der Waals surface area contributed by atoms with E-state index in [2.05, 4.69) is 146 Å². The van der Waals surface area contributed by atoms with Crippen molar-refractivity contribution in [2.45, 2.75) is 12.3 Å². The van der Waals surface area contributed by atoms with Gasteiger partial charge in [-0.25, -0.2) is 15.0 Å². The summed E-state index contributed by atoms with van der Waals surface area (Å²) >= 11 is 0. The molecule has 0 radical (unpaired) electrons. The van der Waals surface area contributed by atoms with Gasteiger partial charge in [-0.3, -0.25) is 0 Å². The monoisotopic (exact) mass is 537 g/mol. The fourth-order valence-electron chi connectivity index (χ4n) is 6.20. The Bertz CT molecular complexity index is 2020. The van der Waals surface area contributed by atoms with Crippen LogP contribution in [-0.2, 0) is 0 Å². The van der Waals surface area contributed by atoms with E-state index in [9.17, 15) is 0 Å². The second-order valence-corrected chi connectivity index (χ2v) is 10.8. The van der Waals surface area contributed by atoms with Crippen LogP contribution in [0.2, 0.25) is 0 Å². The first-order valence-electron chi connectivity index (χ1n) is 14.4. The number of nitrogens with zero attached hydrogens (tertiary/aromatic N) is 3. The molecule has 198 valence electrons. The van der Waals surface area contributed by atoms with E-state index < -0.39 is 0 Å². The van der Waals surface area contributed by atoms with Crippen LogP contribution in [-0.4, -0.2) is 15.0 Å². The van der Waals surface area contributed by atoms with Gasteiger partial charge in [-0.15, -0.1) is 0 Å². The topological polar surface area (TPSA) is 38.7 Å². The highest BCUT2D eigenvalue weighted by Gasteiger charge is 2.20. The zero-order valence-corrected chi connectivity index (χ0v) is 23.0. The fourth-order valence-corrected chi connectivity index (χ4v) is 6.20. The molecule has 8 rings (SSSR count). The van der Waals surface area contributed by atoms with Crippen molar-refractivity contribution in [1.82, 2.24) is 15.0 Å². The van der Waals surface area contributed by atoms with Crippen LogP contribution in [0, 0.1) is 0 Å². The summed E-state index contributed by atoms with van der Waals surface area (Å²) in [5.74, 6) is 2.37. The van der Waals surface area contributed by atoms with Crippen molar-refractivity contribution in [1.29, 1.82) is 0 Å². The maximum absolute atomic E-state index is 5.09. The highest BCUT2D eigenvalue weighted by Crippen LogP contribution is 2.36. The maximum atomic E-state index is 5.09. The van der Waals surface area contributed by atoms with Crippen molar-refractivity contribution < 1.29 is 0 Å². The SMILES string of the molecule is C1=Cc2ccccc2C(c2ccc(-c3nc(-c4cccc5ccccc45)nc(-c4cccc5ccccc45)n3)cc2)C1. The van der Waals surface area contributed by atoms with Crippen LogP contribution < -0.4 is 0 Å². The first kappa shape index (κ1) is 24.4. The molecule has 0 saturated heterocycles. The molecule has 0 amide bonds. The molecule has 0 aliphatic heterocycles. The summed E-state index contributed by atoms with van der Waals surface area (Å²) in [4.78, 5) is 15.2. The fraction of sp³-hybridized carbons (Fsp3) is 0.0513. The third-order valence-electron chi connectivity index (χ3n) is 8.31. The molecule has 1 atom stereocenters. The predicted molar refractivity (Wildman–Crippen MR) is 173 cm³/mol. The Morgan fingerprint density at radius 2 is 1.02 bits per heavy atom. The Morgan fingerprint density at radius 3 is 1.69 bits per heavy atom. The van der Waals surface area contributed by atoms with Crippen LogP contribution in [0.25, 0.3) is 61.8 Å². The van der Waals surface area contributed by atoms with E-state index in [0.29, 0.717) is 23.4 Å². The summed E-state index contributed by atoms with van der Waals surface area (Å²) in [6.45, 7) is 0. The largest absolute Gasteiger partial charge is 0.208 e. The number of hydrogen-bond donors (Lipinski definition) is 0. The number of rotatable bonds is 4. The van der Waals surface area contributed by atoms with Crippen molar-refractivity contribution in [3.8, 4) is 34.2 Å². The van der Waals surface area contributed by atoms with Gasteiger partial charge in [0.05, 0.1) is 0 Å². The Balaban J connectivity index is 1.28. The van der Waals surface area contributed by atoms with Crippen LogP contribution in [0.4, 0.5) is 0 Å². The van der Waals surface area contributed by atoms with E-state index in [1.807, 2.05) is 0 Å². The van der Waals surface area contributed by atoms with E-state index in [4.69, 9.17) is 15.0 Å². The predicted octanol–water partition coefficient (Wildman–Crippen LogP) is 9.73. The number of benzene rings is 6. The molecule has 42 heavy (non-hydrogen) atoms. The van der Waals surface area contributed by atoms with Gasteiger partial charge < -0.3 is 0 Å². The molecule has 0 N–H and O–H groups in total. The number of aromatic nitrogens is 3. The van der Waals surface area contributed by atoms with Gasteiger partial charge in [0.2, 0.25) is 0 Å². The number of fused-ring (bicyclic) bond motifs is 3. The number of hydrogen-bond acceptors (Lipinski definition) is 3. The lowest BCUT2D eigenvalue weighted by atomic mass is 9.82. The van der Waals surface area contributed by atoms with Crippen molar-refractivity contribution in [3.63, 3.8) is 0 Å². The summed E-state index contributed by atoms with van der Waals surface area (Å²) in [7, 11) is 0. The van der Waals surface area contributed by atoms with E-state index in [0.717, 1.165) is 44.7 Å². The molecule has 1 heterocycles. The highest BCUT2D eigenvalue weighted by molar-refractivity contribution is 5.97. The minimum absolute atomic E-state index is 0.344. The number of allylic oxidation sites excluding steroid dienone is 1. The van der Waals surface area contributed by atoms with Gasteiger partial charge in [-0.05, 0) is 44.7 Å². The van der Waals surface area contributed by atoms with Gasteiger partial charge in [-0.1, -0.05) is 146 Å². The minimum Gasteiger partial charge on any atom is -0.208 e. The normalized spacial score (nSPS) is 14.2. The molecule has 7 aromatic rings. The minimum atomic E-state index is 0.344. The van der Waals surface area contributed by atoms with Gasteiger partial charge in [-0.2, -0.15) is 0 Å². The second kappa shape index (κ2) is 10.2. The van der Waals surface area contributed by atoms with Crippen molar-refractivity contribution in [2.24, 2.45) is 0 Å². The average molecular weight is 538 g/mol. The first-order valence-corrected chi connectivity index (χ1v) is 14.4. The van der Waals surface area contributed by atoms with Crippen molar-refractivity contribution in [3.05, 3.63) is 156 Å². The summed E-state index contributed by atoms with van der Waals surface area (Å²) in [6, 6.07) is 46.9. The third kappa shape index (κ3) is 4.27. The molecular weight excluding hydrogens is 510 g/mol. The Kier molecular flexibility index (Phi) is 5.93.